The van der Waals surface area contributed by atoms with E-state index in [1.165, 1.54) is 48.1 Å². The van der Waals surface area contributed by atoms with Crippen molar-refractivity contribution in [2.75, 3.05) is 0 Å². The van der Waals surface area contributed by atoms with Gasteiger partial charge in [-0.05, 0) is 61.1 Å². The van der Waals surface area contributed by atoms with Crippen LogP contribution in [0.15, 0.2) is 51.7 Å². The Hall–Kier alpha value is -2.46. The number of nitrogens with zero attached hydrogens (tertiary/aromatic N) is 1. The van der Waals surface area contributed by atoms with Crippen LogP contribution in [0.4, 0.5) is 0 Å². The van der Waals surface area contributed by atoms with Crippen molar-refractivity contribution in [3.8, 4) is 10.6 Å². The topological polar surface area (TPSA) is 43.1 Å². The van der Waals surface area contributed by atoms with E-state index in [-0.39, 0.29) is 5.63 Å². The molecule has 0 aliphatic carbocycles. The van der Waals surface area contributed by atoms with Crippen LogP contribution >= 0.6 is 11.3 Å². The van der Waals surface area contributed by atoms with Gasteiger partial charge in [0.2, 0.25) is 0 Å². The van der Waals surface area contributed by atoms with Gasteiger partial charge in [0.25, 0.3) is 0 Å². The minimum absolute atomic E-state index is 0.317. The number of fused-ring (bicyclic) bond motifs is 2. The third kappa shape index (κ3) is 4.27. The van der Waals surface area contributed by atoms with Gasteiger partial charge in [0.1, 0.15) is 10.6 Å². The minimum atomic E-state index is -0.317. The molecule has 1 atom stereocenters. The van der Waals surface area contributed by atoms with Crippen molar-refractivity contribution in [3.63, 3.8) is 0 Å². The Bertz CT molecular complexity index is 1200. The van der Waals surface area contributed by atoms with E-state index in [4.69, 9.17) is 4.42 Å². The van der Waals surface area contributed by atoms with E-state index in [1.54, 1.807) is 0 Å². The molecular formula is C25H27NO2S. The van der Waals surface area contributed by atoms with Crippen LogP contribution in [0.2, 0.25) is 0 Å². The number of hydrogen-bond donors (Lipinski definition) is 0. The highest BCUT2D eigenvalue weighted by atomic mass is 32.1. The zero-order valence-corrected chi connectivity index (χ0v) is 18.1. The van der Waals surface area contributed by atoms with Crippen LogP contribution in [0, 0.1) is 12.8 Å². The van der Waals surface area contributed by atoms with Crippen molar-refractivity contribution in [1.82, 2.24) is 4.98 Å². The Labute approximate surface area is 175 Å². The highest BCUT2D eigenvalue weighted by Gasteiger charge is 2.14. The molecule has 0 spiro atoms. The van der Waals surface area contributed by atoms with Gasteiger partial charge in [-0.1, -0.05) is 51.3 Å². The smallest absolute Gasteiger partial charge is 0.346 e. The number of benzene rings is 2. The maximum Gasteiger partial charge on any atom is 0.346 e. The second kappa shape index (κ2) is 8.50. The number of rotatable bonds is 7. The molecule has 0 aliphatic heterocycles. The van der Waals surface area contributed by atoms with E-state index in [9.17, 15) is 4.79 Å². The number of aromatic nitrogens is 1. The highest BCUT2D eigenvalue weighted by Crippen LogP contribution is 2.31. The molecule has 29 heavy (non-hydrogen) atoms. The number of hydrogen-bond acceptors (Lipinski definition) is 4. The van der Waals surface area contributed by atoms with E-state index in [0.29, 0.717) is 11.1 Å². The van der Waals surface area contributed by atoms with Crippen molar-refractivity contribution in [2.24, 2.45) is 5.92 Å². The Morgan fingerprint density at radius 2 is 1.93 bits per heavy atom. The maximum atomic E-state index is 12.7. The lowest BCUT2D eigenvalue weighted by atomic mass is 9.93. The van der Waals surface area contributed by atoms with Crippen molar-refractivity contribution >= 4 is 32.5 Å². The molecule has 0 N–H and O–H groups in total. The SMILES string of the molecule is CCCC(CC)CCc1ccc2cc(-c3nc4ccc(C)cc4s3)c(=O)oc2c1. The Morgan fingerprint density at radius 1 is 1.07 bits per heavy atom. The standard InChI is InChI=1S/C25H27NO2S/c1-4-6-17(5-2)8-9-18-10-11-19-15-20(25(27)28-22(19)14-18)24-26-21-12-7-16(3)13-23(21)29-24/h7,10-15,17H,4-6,8-9H2,1-3H3. The molecule has 2 heterocycles. The third-order valence-corrected chi connectivity index (χ3v) is 6.74. The summed E-state index contributed by atoms with van der Waals surface area (Å²) in [5.74, 6) is 0.771. The molecule has 2 aromatic heterocycles. The summed E-state index contributed by atoms with van der Waals surface area (Å²) in [4.78, 5) is 17.3. The van der Waals surface area contributed by atoms with E-state index >= 15 is 0 Å². The second-order valence-electron chi connectivity index (χ2n) is 7.91. The average Bonchev–Trinajstić information content (AvgIpc) is 3.13. The molecule has 0 saturated heterocycles. The van der Waals surface area contributed by atoms with Crippen LogP contribution in [-0.4, -0.2) is 4.98 Å². The minimum Gasteiger partial charge on any atom is -0.422 e. The molecule has 4 aromatic rings. The van der Waals surface area contributed by atoms with Crippen LogP contribution in [-0.2, 0) is 6.42 Å². The first-order valence-corrected chi connectivity index (χ1v) is 11.3. The van der Waals surface area contributed by atoms with E-state index < -0.39 is 0 Å². The van der Waals surface area contributed by atoms with Gasteiger partial charge in [0, 0.05) is 5.39 Å². The van der Waals surface area contributed by atoms with Gasteiger partial charge in [0.05, 0.1) is 15.8 Å². The van der Waals surface area contributed by atoms with Gasteiger partial charge >= 0.3 is 5.63 Å². The molecule has 0 aliphatic rings. The lowest BCUT2D eigenvalue weighted by molar-refractivity contribution is 0.432. The lowest BCUT2D eigenvalue weighted by Gasteiger charge is -2.13. The first-order valence-electron chi connectivity index (χ1n) is 10.5. The average molecular weight is 406 g/mol. The Balaban J connectivity index is 1.64. The fourth-order valence-corrected chi connectivity index (χ4v) is 5.01. The molecule has 4 rings (SSSR count). The summed E-state index contributed by atoms with van der Waals surface area (Å²) in [6.45, 7) is 6.58. The van der Waals surface area contributed by atoms with Crippen LogP contribution in [0.1, 0.15) is 50.7 Å². The molecule has 0 bridgehead atoms. The molecule has 1 unspecified atom stereocenters. The summed E-state index contributed by atoms with van der Waals surface area (Å²) in [5.41, 5.74) is 4.23. The van der Waals surface area contributed by atoms with Crippen molar-refractivity contribution in [1.29, 1.82) is 0 Å². The van der Waals surface area contributed by atoms with Crippen LogP contribution in [0.25, 0.3) is 31.8 Å². The summed E-state index contributed by atoms with van der Waals surface area (Å²) in [6.07, 6.45) is 5.95. The predicted molar refractivity (Wildman–Crippen MR) is 123 cm³/mol. The summed E-state index contributed by atoms with van der Waals surface area (Å²) in [7, 11) is 0. The van der Waals surface area contributed by atoms with Crippen LogP contribution in [0.5, 0.6) is 0 Å². The predicted octanol–water partition coefficient (Wildman–Crippen LogP) is 7.14. The zero-order valence-electron chi connectivity index (χ0n) is 17.3. The largest absolute Gasteiger partial charge is 0.422 e. The summed E-state index contributed by atoms with van der Waals surface area (Å²) in [6, 6.07) is 14.3. The monoisotopic (exact) mass is 405 g/mol. The normalized spacial score (nSPS) is 12.7. The lowest BCUT2D eigenvalue weighted by Crippen LogP contribution is -2.03. The summed E-state index contributed by atoms with van der Waals surface area (Å²) in [5, 5.41) is 1.66. The highest BCUT2D eigenvalue weighted by molar-refractivity contribution is 7.21. The van der Waals surface area contributed by atoms with Crippen LogP contribution in [0.3, 0.4) is 0 Å². The molecular weight excluding hydrogens is 378 g/mol. The van der Waals surface area contributed by atoms with Gasteiger partial charge < -0.3 is 4.42 Å². The summed E-state index contributed by atoms with van der Waals surface area (Å²) < 4.78 is 6.79. The van der Waals surface area contributed by atoms with Gasteiger partial charge in [0.15, 0.2) is 0 Å². The van der Waals surface area contributed by atoms with E-state index in [1.807, 2.05) is 24.3 Å². The molecule has 2 aromatic carbocycles. The molecule has 0 fully saturated rings. The van der Waals surface area contributed by atoms with Crippen molar-refractivity contribution < 1.29 is 4.42 Å². The quantitative estimate of drug-likeness (QED) is 0.307. The van der Waals surface area contributed by atoms with Gasteiger partial charge in [-0.25, -0.2) is 9.78 Å². The van der Waals surface area contributed by atoms with Gasteiger partial charge in [-0.2, -0.15) is 0 Å². The third-order valence-electron chi connectivity index (χ3n) is 5.69. The second-order valence-corrected chi connectivity index (χ2v) is 8.94. The summed E-state index contributed by atoms with van der Waals surface area (Å²) >= 11 is 1.54. The first-order chi connectivity index (χ1) is 14.1. The number of aryl methyl sites for hydroxylation is 2. The van der Waals surface area contributed by atoms with Gasteiger partial charge in [-0.3, -0.25) is 0 Å². The van der Waals surface area contributed by atoms with Crippen molar-refractivity contribution in [2.45, 2.75) is 52.9 Å². The van der Waals surface area contributed by atoms with E-state index in [0.717, 1.165) is 32.9 Å². The fraction of sp³-hybridized carbons (Fsp3) is 0.360. The number of thiazole rings is 1. The molecule has 0 amide bonds. The fourth-order valence-electron chi connectivity index (χ4n) is 3.94. The Morgan fingerprint density at radius 3 is 2.72 bits per heavy atom. The first kappa shape index (κ1) is 19.8. The van der Waals surface area contributed by atoms with Crippen LogP contribution < -0.4 is 5.63 Å². The molecule has 150 valence electrons. The van der Waals surface area contributed by atoms with Gasteiger partial charge in [-0.15, -0.1) is 11.3 Å². The maximum absolute atomic E-state index is 12.7. The molecule has 3 nitrogen and oxygen atoms in total. The molecule has 0 saturated carbocycles. The van der Waals surface area contributed by atoms with E-state index in [2.05, 4.69) is 44.0 Å². The Kier molecular flexibility index (Phi) is 5.81. The molecule has 0 radical (unpaired) electrons. The van der Waals surface area contributed by atoms with Crippen molar-refractivity contribution in [3.05, 3.63) is 64.0 Å². The molecule has 4 heteroatoms. The zero-order chi connectivity index (χ0) is 20.4.